The average molecular weight is 239 g/mol. The van der Waals surface area contributed by atoms with E-state index < -0.39 is 11.5 Å². The molecule has 94 valence electrons. The van der Waals surface area contributed by atoms with E-state index in [0.717, 1.165) is 0 Å². The van der Waals surface area contributed by atoms with E-state index in [9.17, 15) is 20.1 Å². The molecule has 0 saturated carbocycles. The minimum Gasteiger partial charge on any atom is -0.507 e. The summed E-state index contributed by atoms with van der Waals surface area (Å²) in [5.74, 6) is -1.10. The lowest BCUT2D eigenvalue weighted by atomic mass is 10.1. The van der Waals surface area contributed by atoms with Crippen LogP contribution in [0.2, 0.25) is 0 Å². The topological polar surface area (TPSA) is 81.0 Å². The summed E-state index contributed by atoms with van der Waals surface area (Å²) in [7, 11) is 1.49. The van der Waals surface area contributed by atoms with Gasteiger partial charge in [-0.05, 0) is 26.0 Å². The molecular formula is C12H17NO4. The summed E-state index contributed by atoms with van der Waals surface area (Å²) in [5.41, 5.74) is -1.19. The third-order valence-corrected chi connectivity index (χ3v) is 2.21. The molecule has 0 heterocycles. The molecular weight excluding hydrogens is 222 g/mol. The van der Waals surface area contributed by atoms with Crippen molar-refractivity contribution in [1.29, 1.82) is 0 Å². The fourth-order valence-electron chi connectivity index (χ4n) is 1.59. The number of aromatic hydroxyl groups is 2. The number of nitrogens with zero attached hydrogens (tertiary/aromatic N) is 1. The standard InChI is InChI=1S/C12H17NO4/c1-12(2,17)7-13(3)11(16)10-8(14)5-4-6-9(10)15/h4-6,14-15,17H,7H2,1-3H3. The van der Waals surface area contributed by atoms with Gasteiger partial charge in [-0.3, -0.25) is 4.79 Å². The Morgan fingerprint density at radius 2 is 1.76 bits per heavy atom. The van der Waals surface area contributed by atoms with Gasteiger partial charge in [0.15, 0.2) is 0 Å². The lowest BCUT2D eigenvalue weighted by Crippen LogP contribution is -2.39. The van der Waals surface area contributed by atoms with Gasteiger partial charge in [0.2, 0.25) is 0 Å². The lowest BCUT2D eigenvalue weighted by molar-refractivity contribution is 0.0364. The van der Waals surface area contributed by atoms with Gasteiger partial charge in [-0.15, -0.1) is 0 Å². The molecule has 0 aliphatic rings. The molecule has 5 heteroatoms. The lowest BCUT2D eigenvalue weighted by Gasteiger charge is -2.26. The predicted octanol–water partition coefficient (Wildman–Crippen LogP) is 0.941. The second kappa shape index (κ2) is 4.63. The second-order valence-corrected chi connectivity index (χ2v) is 4.64. The van der Waals surface area contributed by atoms with Crippen LogP contribution < -0.4 is 0 Å². The van der Waals surface area contributed by atoms with E-state index in [0.29, 0.717) is 0 Å². The molecule has 0 aliphatic carbocycles. The highest BCUT2D eigenvalue weighted by atomic mass is 16.3. The number of carbonyl (C=O) groups excluding carboxylic acids is 1. The van der Waals surface area contributed by atoms with Crippen LogP contribution in [0.3, 0.4) is 0 Å². The first-order valence-corrected chi connectivity index (χ1v) is 5.21. The van der Waals surface area contributed by atoms with Crippen LogP contribution in [0.1, 0.15) is 24.2 Å². The Bertz CT molecular complexity index is 403. The van der Waals surface area contributed by atoms with Crippen molar-refractivity contribution < 1.29 is 20.1 Å². The maximum Gasteiger partial charge on any atom is 0.261 e. The van der Waals surface area contributed by atoms with Gasteiger partial charge in [-0.25, -0.2) is 0 Å². The molecule has 1 aromatic rings. The number of hydrogen-bond donors (Lipinski definition) is 3. The van der Waals surface area contributed by atoms with E-state index in [-0.39, 0.29) is 23.6 Å². The highest BCUT2D eigenvalue weighted by molar-refractivity contribution is 5.99. The Kier molecular flexibility index (Phi) is 3.63. The third kappa shape index (κ3) is 3.35. The maximum atomic E-state index is 12.0. The van der Waals surface area contributed by atoms with Crippen molar-refractivity contribution in [3.63, 3.8) is 0 Å². The van der Waals surface area contributed by atoms with Gasteiger partial charge in [0, 0.05) is 13.6 Å². The molecule has 1 amide bonds. The van der Waals surface area contributed by atoms with Crippen molar-refractivity contribution in [3.8, 4) is 11.5 Å². The number of rotatable bonds is 3. The Labute approximate surface area is 99.9 Å². The molecule has 0 fully saturated rings. The first-order valence-electron chi connectivity index (χ1n) is 5.21. The highest BCUT2D eigenvalue weighted by Crippen LogP contribution is 2.27. The number of phenols is 2. The van der Waals surface area contributed by atoms with Crippen LogP contribution in [0.5, 0.6) is 11.5 Å². The summed E-state index contributed by atoms with van der Waals surface area (Å²) in [4.78, 5) is 13.2. The van der Waals surface area contributed by atoms with Crippen molar-refractivity contribution in [2.75, 3.05) is 13.6 Å². The van der Waals surface area contributed by atoms with Gasteiger partial charge < -0.3 is 20.2 Å². The molecule has 0 aromatic heterocycles. The molecule has 5 nitrogen and oxygen atoms in total. The van der Waals surface area contributed by atoms with Gasteiger partial charge in [0.1, 0.15) is 17.1 Å². The SMILES string of the molecule is CN(CC(C)(C)O)C(=O)c1c(O)cccc1O. The Morgan fingerprint density at radius 1 is 1.29 bits per heavy atom. The molecule has 1 rings (SSSR count). The molecule has 0 atom stereocenters. The van der Waals surface area contributed by atoms with Gasteiger partial charge >= 0.3 is 0 Å². The summed E-state index contributed by atoms with van der Waals surface area (Å²) in [5, 5.41) is 28.7. The van der Waals surface area contributed by atoms with E-state index in [1.54, 1.807) is 13.8 Å². The average Bonchev–Trinajstić information content (AvgIpc) is 2.14. The van der Waals surface area contributed by atoms with Crippen LogP contribution >= 0.6 is 0 Å². The molecule has 0 aliphatic heterocycles. The summed E-state index contributed by atoms with van der Waals surface area (Å²) in [6.45, 7) is 3.24. The van der Waals surface area contributed by atoms with E-state index in [1.807, 2.05) is 0 Å². The number of likely N-dealkylation sites (N-methyl/N-ethyl adjacent to an activating group) is 1. The number of phenolic OH excluding ortho intramolecular Hbond substituents is 2. The number of amides is 1. The van der Waals surface area contributed by atoms with Crippen molar-refractivity contribution in [2.45, 2.75) is 19.4 Å². The first-order chi connectivity index (χ1) is 7.72. The highest BCUT2D eigenvalue weighted by Gasteiger charge is 2.24. The van der Waals surface area contributed by atoms with Crippen LogP contribution in [-0.2, 0) is 0 Å². The van der Waals surface area contributed by atoms with Crippen LogP contribution in [0.25, 0.3) is 0 Å². The van der Waals surface area contributed by atoms with Gasteiger partial charge in [-0.2, -0.15) is 0 Å². The van der Waals surface area contributed by atoms with Gasteiger partial charge in [0.05, 0.1) is 5.60 Å². The molecule has 0 unspecified atom stereocenters. The fourth-order valence-corrected chi connectivity index (χ4v) is 1.59. The molecule has 0 bridgehead atoms. The minimum atomic E-state index is -1.04. The number of hydrogen-bond acceptors (Lipinski definition) is 4. The predicted molar refractivity (Wildman–Crippen MR) is 63.0 cm³/mol. The minimum absolute atomic E-state index is 0.0968. The number of carbonyl (C=O) groups is 1. The number of benzene rings is 1. The van der Waals surface area contributed by atoms with E-state index in [4.69, 9.17) is 0 Å². The summed E-state index contributed by atoms with van der Waals surface area (Å²) < 4.78 is 0. The van der Waals surface area contributed by atoms with E-state index in [1.165, 1.54) is 30.1 Å². The van der Waals surface area contributed by atoms with Crippen LogP contribution in [0.15, 0.2) is 18.2 Å². The molecule has 0 saturated heterocycles. The van der Waals surface area contributed by atoms with Crippen LogP contribution in [0, 0.1) is 0 Å². The monoisotopic (exact) mass is 239 g/mol. The maximum absolute atomic E-state index is 12.0. The molecule has 0 spiro atoms. The Balaban J connectivity index is 2.97. The van der Waals surface area contributed by atoms with Crippen molar-refractivity contribution >= 4 is 5.91 Å². The Hall–Kier alpha value is -1.75. The van der Waals surface area contributed by atoms with Crippen molar-refractivity contribution in [2.24, 2.45) is 0 Å². The van der Waals surface area contributed by atoms with Crippen LogP contribution in [-0.4, -0.2) is 45.3 Å². The molecule has 0 radical (unpaired) electrons. The summed E-state index contributed by atoms with van der Waals surface area (Å²) in [6, 6.07) is 4.09. The normalized spacial score (nSPS) is 11.3. The third-order valence-electron chi connectivity index (χ3n) is 2.21. The number of aliphatic hydroxyl groups is 1. The molecule has 17 heavy (non-hydrogen) atoms. The van der Waals surface area contributed by atoms with E-state index in [2.05, 4.69) is 0 Å². The van der Waals surface area contributed by atoms with Gasteiger partial charge in [0.25, 0.3) is 5.91 Å². The quantitative estimate of drug-likeness (QED) is 0.733. The summed E-state index contributed by atoms with van der Waals surface area (Å²) >= 11 is 0. The first kappa shape index (κ1) is 13.3. The second-order valence-electron chi connectivity index (χ2n) is 4.64. The van der Waals surface area contributed by atoms with Crippen molar-refractivity contribution in [1.82, 2.24) is 4.90 Å². The van der Waals surface area contributed by atoms with E-state index >= 15 is 0 Å². The fraction of sp³-hybridized carbons (Fsp3) is 0.417. The smallest absolute Gasteiger partial charge is 0.261 e. The zero-order valence-electron chi connectivity index (χ0n) is 10.1. The largest absolute Gasteiger partial charge is 0.507 e. The zero-order chi connectivity index (χ0) is 13.2. The molecule has 1 aromatic carbocycles. The molecule has 3 N–H and O–H groups in total. The summed E-state index contributed by atoms with van der Waals surface area (Å²) in [6.07, 6.45) is 0. The van der Waals surface area contributed by atoms with Crippen molar-refractivity contribution in [3.05, 3.63) is 23.8 Å². The van der Waals surface area contributed by atoms with Gasteiger partial charge in [-0.1, -0.05) is 6.07 Å². The Morgan fingerprint density at radius 3 is 2.18 bits per heavy atom. The zero-order valence-corrected chi connectivity index (χ0v) is 10.1. The van der Waals surface area contributed by atoms with Crippen LogP contribution in [0.4, 0.5) is 0 Å².